The minimum absolute atomic E-state index is 0.0423. The van der Waals surface area contributed by atoms with Crippen molar-refractivity contribution in [2.24, 2.45) is 0 Å². The Morgan fingerprint density at radius 2 is 1.07 bits per heavy atom. The molecule has 0 saturated carbocycles. The molecule has 0 fully saturated rings. The molecule has 2 aromatic heterocycles. The predicted molar refractivity (Wildman–Crippen MR) is 231 cm³/mol. The molecule has 11 rings (SSSR count). The van der Waals surface area contributed by atoms with Crippen molar-refractivity contribution >= 4 is 71.6 Å². The molecule has 0 aliphatic carbocycles. The van der Waals surface area contributed by atoms with Crippen LogP contribution in [0.1, 0.15) is 21.9 Å². The van der Waals surface area contributed by atoms with Crippen LogP contribution in [0.4, 0.5) is 17.1 Å². The third kappa shape index (κ3) is 5.13. The zero-order chi connectivity index (χ0) is 50.2. The number of aromatic nitrogens is 1. The van der Waals surface area contributed by atoms with Gasteiger partial charge in [0.15, 0.2) is 0 Å². The lowest BCUT2D eigenvalue weighted by Crippen LogP contribution is -2.10. The van der Waals surface area contributed by atoms with Crippen molar-refractivity contribution < 1.29 is 26.3 Å². The average molecular weight is 719 g/mol. The number of hydrogen-bond donors (Lipinski definition) is 0. The molecule has 0 saturated heterocycles. The molecule has 0 spiro atoms. The Kier molecular flexibility index (Phi) is 4.39. The summed E-state index contributed by atoms with van der Waals surface area (Å²) in [6.45, 7) is 0. The van der Waals surface area contributed by atoms with Crippen LogP contribution >= 0.6 is 0 Å². The third-order valence-electron chi connectivity index (χ3n) is 9.78. The van der Waals surface area contributed by atoms with E-state index in [0.717, 1.165) is 32.4 Å². The first-order valence-electron chi connectivity index (χ1n) is 25.5. The van der Waals surface area contributed by atoms with Gasteiger partial charge in [-0.3, -0.25) is 0 Å². The standard InChI is InChI=1S/C52H34N2O/c1-2-16-39(17-3-1)53(40-30-28-36(29-31-40)38-27-26-35-14-4-5-15-37(35)32-38)41-33-46(52-47(34-41)45-21-9-13-25-51(45)55-52)44-20-8-12-24-50(44)54-48-22-10-6-18-42(48)43-19-7-11-23-49(43)54/h1-34H/i1D,2D,3D,4D,5D,14D,15D,16D,17D,26D,27D,28D,29D,30D,31D,32D. The summed E-state index contributed by atoms with van der Waals surface area (Å²) >= 11 is 0. The first-order valence-corrected chi connectivity index (χ1v) is 17.5. The van der Waals surface area contributed by atoms with Gasteiger partial charge in [-0.1, -0.05) is 139 Å². The predicted octanol–water partition coefficient (Wildman–Crippen LogP) is 14.6. The summed E-state index contributed by atoms with van der Waals surface area (Å²) in [5, 5.41) is 2.25. The molecule has 0 N–H and O–H groups in total. The lowest BCUT2D eigenvalue weighted by molar-refractivity contribution is 0.670. The van der Waals surface area contributed by atoms with Gasteiger partial charge in [0, 0.05) is 49.7 Å². The molecule has 9 aromatic carbocycles. The Labute approximate surface area is 341 Å². The van der Waals surface area contributed by atoms with Crippen molar-refractivity contribution in [2.75, 3.05) is 4.90 Å². The summed E-state index contributed by atoms with van der Waals surface area (Å²) in [6.07, 6.45) is 0. The Balaban J connectivity index is 1.26. The number of nitrogens with zero attached hydrogens (tertiary/aromatic N) is 2. The summed E-state index contributed by atoms with van der Waals surface area (Å²) < 4.78 is 153. The average Bonchev–Trinajstić information content (AvgIpc) is 3.93. The van der Waals surface area contributed by atoms with Gasteiger partial charge in [-0.25, -0.2) is 0 Å². The zero-order valence-electron chi connectivity index (χ0n) is 44.7. The van der Waals surface area contributed by atoms with Crippen molar-refractivity contribution in [3.8, 4) is 27.9 Å². The van der Waals surface area contributed by atoms with Gasteiger partial charge in [0.1, 0.15) is 11.2 Å². The Morgan fingerprint density at radius 3 is 1.85 bits per heavy atom. The van der Waals surface area contributed by atoms with Crippen LogP contribution in [0, 0.1) is 0 Å². The lowest BCUT2D eigenvalue weighted by Gasteiger charge is -2.26. The second-order valence-electron chi connectivity index (χ2n) is 12.9. The second kappa shape index (κ2) is 12.6. The zero-order valence-corrected chi connectivity index (χ0v) is 28.7. The maximum absolute atomic E-state index is 9.70. The number of rotatable bonds is 6. The molecule has 0 radical (unpaired) electrons. The van der Waals surface area contributed by atoms with Crippen LogP contribution < -0.4 is 4.90 Å². The molecule has 0 aliphatic heterocycles. The van der Waals surface area contributed by atoms with Gasteiger partial charge in [0.25, 0.3) is 0 Å². The third-order valence-corrected chi connectivity index (χ3v) is 9.78. The van der Waals surface area contributed by atoms with E-state index >= 15 is 0 Å². The van der Waals surface area contributed by atoms with Gasteiger partial charge < -0.3 is 13.9 Å². The highest BCUT2D eigenvalue weighted by molar-refractivity contribution is 6.13. The van der Waals surface area contributed by atoms with Crippen LogP contribution in [0.15, 0.2) is 210 Å². The molecular formula is C52H34N2O. The number of hydrogen-bond acceptors (Lipinski definition) is 2. The number of furan rings is 1. The summed E-state index contributed by atoms with van der Waals surface area (Å²) in [6, 6.07) is 22.0. The molecule has 0 amide bonds. The number of benzene rings is 9. The minimum atomic E-state index is -0.841. The van der Waals surface area contributed by atoms with Crippen molar-refractivity contribution in [3.63, 3.8) is 0 Å². The van der Waals surface area contributed by atoms with Gasteiger partial charge in [-0.15, -0.1) is 0 Å². The van der Waals surface area contributed by atoms with E-state index < -0.39 is 130 Å². The molecule has 11 aromatic rings. The highest BCUT2D eigenvalue weighted by Crippen LogP contribution is 2.45. The molecule has 0 bridgehead atoms. The maximum Gasteiger partial charge on any atom is 0.143 e. The van der Waals surface area contributed by atoms with Gasteiger partial charge in [0.05, 0.1) is 38.7 Å². The molecule has 258 valence electrons. The van der Waals surface area contributed by atoms with E-state index in [1.54, 1.807) is 24.3 Å². The van der Waals surface area contributed by atoms with Crippen LogP contribution in [0.2, 0.25) is 0 Å². The summed E-state index contributed by atoms with van der Waals surface area (Å²) in [5.41, 5.74) is 2.24. The Morgan fingerprint density at radius 1 is 0.455 bits per heavy atom. The van der Waals surface area contributed by atoms with Crippen molar-refractivity contribution in [1.29, 1.82) is 0 Å². The molecule has 3 nitrogen and oxygen atoms in total. The Hall–Kier alpha value is -7.36. The topological polar surface area (TPSA) is 21.3 Å². The maximum atomic E-state index is 9.70. The van der Waals surface area contributed by atoms with Crippen molar-refractivity contribution in [2.45, 2.75) is 0 Å². The van der Waals surface area contributed by atoms with Crippen LogP contribution in [-0.2, 0) is 0 Å². The molecule has 2 heterocycles. The monoisotopic (exact) mass is 718 g/mol. The van der Waals surface area contributed by atoms with E-state index in [1.807, 2.05) is 84.9 Å². The molecule has 55 heavy (non-hydrogen) atoms. The molecule has 0 unspecified atom stereocenters. The molecule has 3 heteroatoms. The second-order valence-corrected chi connectivity index (χ2v) is 12.9. The van der Waals surface area contributed by atoms with Crippen LogP contribution in [0.5, 0.6) is 0 Å². The van der Waals surface area contributed by atoms with Crippen LogP contribution in [-0.4, -0.2) is 4.57 Å². The summed E-state index contributed by atoms with van der Waals surface area (Å²) in [7, 11) is 0. The fourth-order valence-corrected chi connectivity index (χ4v) is 7.39. The van der Waals surface area contributed by atoms with E-state index in [-0.39, 0.29) is 5.69 Å². The smallest absolute Gasteiger partial charge is 0.143 e. The fourth-order valence-electron chi connectivity index (χ4n) is 7.39. The van der Waals surface area contributed by atoms with Gasteiger partial charge in [0.2, 0.25) is 0 Å². The minimum Gasteiger partial charge on any atom is -0.455 e. The first kappa shape index (κ1) is 19.1. The van der Waals surface area contributed by atoms with E-state index in [2.05, 4.69) is 4.57 Å². The highest BCUT2D eigenvalue weighted by Gasteiger charge is 2.22. The number of para-hydroxylation sites is 5. The van der Waals surface area contributed by atoms with Crippen LogP contribution in [0.25, 0.3) is 82.5 Å². The van der Waals surface area contributed by atoms with E-state index in [4.69, 9.17) is 16.8 Å². The van der Waals surface area contributed by atoms with E-state index in [9.17, 15) is 9.60 Å². The molecule has 0 aliphatic rings. The normalized spacial score (nSPS) is 15.7. The van der Waals surface area contributed by atoms with E-state index in [1.165, 1.54) is 0 Å². The SMILES string of the molecule is [2H]c1c([2H])c([2H])c(N(c2cc(-c3ccccc3-n3c4ccccc4c4ccccc43)c3oc4ccccc4c3c2)c2c([2H])c([2H])c(-c3c([2H])c([2H])c4c([2H])c([2H])c([2H])c([2H])c4c3[2H])c([2H])c2[2H])c([2H])c1[2H]. The Bertz CT molecular complexity index is 4050. The fraction of sp³-hybridized carbons (Fsp3) is 0. The van der Waals surface area contributed by atoms with Crippen molar-refractivity contribution in [1.82, 2.24) is 4.57 Å². The number of fused-ring (bicyclic) bond motifs is 7. The summed E-state index contributed by atoms with van der Waals surface area (Å²) in [4.78, 5) is 1.09. The van der Waals surface area contributed by atoms with E-state index in [0.29, 0.717) is 33.1 Å². The largest absolute Gasteiger partial charge is 0.455 e. The summed E-state index contributed by atoms with van der Waals surface area (Å²) in [5.74, 6) is 0. The lowest BCUT2D eigenvalue weighted by atomic mass is 9.98. The van der Waals surface area contributed by atoms with Crippen molar-refractivity contribution in [3.05, 3.63) is 206 Å². The van der Waals surface area contributed by atoms with Crippen LogP contribution in [0.3, 0.4) is 0 Å². The molecule has 0 atom stereocenters. The van der Waals surface area contributed by atoms with Gasteiger partial charge in [-0.05, 0) is 88.5 Å². The molecular weight excluding hydrogens is 669 g/mol. The van der Waals surface area contributed by atoms with Gasteiger partial charge in [-0.2, -0.15) is 0 Å². The quantitative estimate of drug-likeness (QED) is 0.171. The number of anilines is 3. The first-order chi connectivity index (χ1) is 34.0. The van der Waals surface area contributed by atoms with Gasteiger partial charge >= 0.3 is 0 Å². The highest BCUT2D eigenvalue weighted by atomic mass is 16.3.